The Bertz CT molecular complexity index is 501. The number of rotatable bonds is 7. The average Bonchev–Trinajstić information content (AvgIpc) is 2.97. The molecule has 1 aromatic rings. The molecule has 0 spiro atoms. The highest BCUT2D eigenvalue weighted by Crippen LogP contribution is 2.26. The van der Waals surface area contributed by atoms with Crippen LogP contribution < -0.4 is 0 Å². The van der Waals surface area contributed by atoms with Crippen LogP contribution in [0.1, 0.15) is 31.4 Å². The summed E-state index contributed by atoms with van der Waals surface area (Å²) in [5.74, 6) is 0.455. The Morgan fingerprint density at radius 2 is 2.05 bits per heavy atom. The fourth-order valence-electron chi connectivity index (χ4n) is 2.72. The zero-order valence-corrected chi connectivity index (χ0v) is 13.1. The minimum Gasteiger partial charge on any atom is -0.261 e. The number of aromatic nitrogens is 1. The molecule has 0 aliphatic heterocycles. The predicted octanol–water partition coefficient (Wildman–Crippen LogP) is 2.44. The van der Waals surface area contributed by atoms with Crippen LogP contribution in [-0.4, -0.2) is 41.9 Å². The number of aryl methyl sites for hydroxylation is 1. The third-order valence-corrected chi connectivity index (χ3v) is 5.82. The lowest BCUT2D eigenvalue weighted by Crippen LogP contribution is -2.41. The Morgan fingerprint density at radius 1 is 1.30 bits per heavy atom. The van der Waals surface area contributed by atoms with E-state index in [4.69, 9.17) is 11.6 Å². The number of pyridine rings is 1. The van der Waals surface area contributed by atoms with E-state index in [9.17, 15) is 8.42 Å². The van der Waals surface area contributed by atoms with Crippen LogP contribution in [0.3, 0.4) is 0 Å². The highest BCUT2D eigenvalue weighted by Gasteiger charge is 2.31. The Labute approximate surface area is 126 Å². The normalized spacial score (nSPS) is 16.9. The van der Waals surface area contributed by atoms with Gasteiger partial charge in [-0.25, -0.2) is 8.42 Å². The van der Waals surface area contributed by atoms with Gasteiger partial charge >= 0.3 is 0 Å². The van der Waals surface area contributed by atoms with Crippen molar-refractivity contribution in [1.82, 2.24) is 9.29 Å². The van der Waals surface area contributed by atoms with Crippen molar-refractivity contribution in [3.8, 4) is 0 Å². The third kappa shape index (κ3) is 4.17. The Kier molecular flexibility index (Phi) is 5.81. The van der Waals surface area contributed by atoms with Crippen molar-refractivity contribution in [3.63, 3.8) is 0 Å². The Balaban J connectivity index is 2.02. The number of nitrogens with zero attached hydrogens (tertiary/aromatic N) is 2. The molecule has 2 rings (SSSR count). The second kappa shape index (κ2) is 7.38. The summed E-state index contributed by atoms with van der Waals surface area (Å²) in [7, 11) is -3.26. The molecule has 1 aromatic heterocycles. The van der Waals surface area contributed by atoms with Crippen molar-refractivity contribution >= 4 is 21.6 Å². The SMILES string of the molecule is O=S(=O)(CCc1ccccn1)N(CCCl)C1CCCC1. The topological polar surface area (TPSA) is 50.3 Å². The van der Waals surface area contributed by atoms with Crippen LogP contribution >= 0.6 is 11.6 Å². The van der Waals surface area contributed by atoms with Crippen LogP contribution in [0.5, 0.6) is 0 Å². The van der Waals surface area contributed by atoms with Crippen LogP contribution in [0.15, 0.2) is 24.4 Å². The molecule has 0 amide bonds. The van der Waals surface area contributed by atoms with Gasteiger partial charge in [0.05, 0.1) is 5.75 Å². The number of hydrogen-bond acceptors (Lipinski definition) is 3. The van der Waals surface area contributed by atoms with E-state index < -0.39 is 10.0 Å². The van der Waals surface area contributed by atoms with E-state index in [2.05, 4.69) is 4.98 Å². The molecular weight excluding hydrogens is 296 g/mol. The van der Waals surface area contributed by atoms with Gasteiger partial charge in [0, 0.05) is 36.8 Å². The number of alkyl halides is 1. The second-order valence-electron chi connectivity index (χ2n) is 5.13. The van der Waals surface area contributed by atoms with Crippen molar-refractivity contribution in [2.45, 2.75) is 38.1 Å². The monoisotopic (exact) mass is 316 g/mol. The molecule has 20 heavy (non-hydrogen) atoms. The van der Waals surface area contributed by atoms with Crippen molar-refractivity contribution in [1.29, 1.82) is 0 Å². The van der Waals surface area contributed by atoms with E-state index in [1.165, 1.54) is 0 Å². The zero-order chi connectivity index (χ0) is 14.4. The fourth-order valence-corrected chi connectivity index (χ4v) is 4.74. The lowest BCUT2D eigenvalue weighted by Gasteiger charge is -2.27. The standard InChI is InChI=1S/C14H21ClN2O2S/c15-9-11-17(14-6-1-2-7-14)20(18,19)12-8-13-5-3-4-10-16-13/h3-5,10,14H,1-2,6-9,11-12H2. The van der Waals surface area contributed by atoms with Gasteiger partial charge in [-0.3, -0.25) is 4.98 Å². The summed E-state index contributed by atoms with van der Waals surface area (Å²) in [6.07, 6.45) is 6.28. The molecule has 0 unspecified atom stereocenters. The lowest BCUT2D eigenvalue weighted by molar-refractivity contribution is 0.337. The smallest absolute Gasteiger partial charge is 0.214 e. The van der Waals surface area contributed by atoms with Crippen LogP contribution in [0.2, 0.25) is 0 Å². The summed E-state index contributed by atoms with van der Waals surface area (Å²) in [5.41, 5.74) is 0.813. The maximum Gasteiger partial charge on any atom is 0.214 e. The predicted molar refractivity (Wildman–Crippen MR) is 81.4 cm³/mol. The van der Waals surface area contributed by atoms with Crippen LogP contribution in [-0.2, 0) is 16.4 Å². The number of hydrogen-bond donors (Lipinski definition) is 0. The minimum atomic E-state index is -3.26. The average molecular weight is 317 g/mol. The molecule has 1 saturated carbocycles. The first-order valence-corrected chi connectivity index (χ1v) is 9.23. The highest BCUT2D eigenvalue weighted by molar-refractivity contribution is 7.89. The Hall–Kier alpha value is -0.650. The molecule has 0 aromatic carbocycles. The first-order chi connectivity index (χ1) is 9.63. The molecule has 4 nitrogen and oxygen atoms in total. The molecule has 1 aliphatic carbocycles. The quantitative estimate of drug-likeness (QED) is 0.726. The summed E-state index contributed by atoms with van der Waals surface area (Å²) in [4.78, 5) is 4.18. The number of halogens is 1. The van der Waals surface area contributed by atoms with Gasteiger partial charge in [-0.15, -0.1) is 11.6 Å². The maximum atomic E-state index is 12.5. The van der Waals surface area contributed by atoms with Crippen LogP contribution in [0.25, 0.3) is 0 Å². The van der Waals surface area contributed by atoms with Crippen molar-refractivity contribution in [2.75, 3.05) is 18.2 Å². The van der Waals surface area contributed by atoms with E-state index in [1.807, 2.05) is 18.2 Å². The van der Waals surface area contributed by atoms with Gasteiger partial charge in [0.2, 0.25) is 10.0 Å². The molecule has 1 fully saturated rings. The lowest BCUT2D eigenvalue weighted by atomic mass is 10.2. The summed E-state index contributed by atoms with van der Waals surface area (Å²) >= 11 is 5.78. The maximum absolute atomic E-state index is 12.5. The van der Waals surface area contributed by atoms with E-state index in [0.717, 1.165) is 31.4 Å². The van der Waals surface area contributed by atoms with Crippen LogP contribution in [0.4, 0.5) is 0 Å². The van der Waals surface area contributed by atoms with E-state index in [1.54, 1.807) is 10.5 Å². The van der Waals surface area contributed by atoms with E-state index in [-0.39, 0.29) is 11.8 Å². The number of sulfonamides is 1. The zero-order valence-electron chi connectivity index (χ0n) is 11.5. The molecule has 0 N–H and O–H groups in total. The molecule has 0 saturated heterocycles. The van der Waals surface area contributed by atoms with Gasteiger partial charge in [-0.2, -0.15) is 4.31 Å². The molecular formula is C14H21ClN2O2S. The minimum absolute atomic E-state index is 0.109. The second-order valence-corrected chi connectivity index (χ2v) is 7.54. The highest BCUT2D eigenvalue weighted by atomic mass is 35.5. The van der Waals surface area contributed by atoms with E-state index in [0.29, 0.717) is 18.8 Å². The van der Waals surface area contributed by atoms with Gasteiger partial charge in [0.25, 0.3) is 0 Å². The van der Waals surface area contributed by atoms with Gasteiger partial charge in [-0.05, 0) is 25.0 Å². The van der Waals surface area contributed by atoms with Gasteiger partial charge in [0.1, 0.15) is 0 Å². The molecule has 1 aliphatic rings. The van der Waals surface area contributed by atoms with Crippen molar-refractivity contribution < 1.29 is 8.42 Å². The first-order valence-electron chi connectivity index (χ1n) is 7.09. The van der Waals surface area contributed by atoms with Gasteiger partial charge in [-0.1, -0.05) is 18.9 Å². The largest absolute Gasteiger partial charge is 0.261 e. The van der Waals surface area contributed by atoms with E-state index >= 15 is 0 Å². The fraction of sp³-hybridized carbons (Fsp3) is 0.643. The Morgan fingerprint density at radius 3 is 2.65 bits per heavy atom. The molecule has 6 heteroatoms. The summed E-state index contributed by atoms with van der Waals surface area (Å²) < 4.78 is 26.7. The summed E-state index contributed by atoms with van der Waals surface area (Å²) in [5, 5.41) is 0. The van der Waals surface area contributed by atoms with Crippen molar-refractivity contribution in [3.05, 3.63) is 30.1 Å². The molecule has 112 valence electrons. The third-order valence-electron chi connectivity index (χ3n) is 3.74. The van der Waals surface area contributed by atoms with Crippen LogP contribution in [0, 0.1) is 0 Å². The molecule has 0 bridgehead atoms. The molecule has 0 radical (unpaired) electrons. The summed E-state index contributed by atoms with van der Waals surface area (Å²) in [6.45, 7) is 0.413. The first kappa shape index (κ1) is 15.7. The van der Waals surface area contributed by atoms with Gasteiger partial charge < -0.3 is 0 Å². The molecule has 1 heterocycles. The van der Waals surface area contributed by atoms with Crippen molar-refractivity contribution in [2.24, 2.45) is 0 Å². The molecule has 0 atom stereocenters. The summed E-state index contributed by atoms with van der Waals surface area (Å²) in [6, 6.07) is 5.71. The van der Waals surface area contributed by atoms with Gasteiger partial charge in [0.15, 0.2) is 0 Å².